The molecule has 37 heavy (non-hydrogen) atoms. The van der Waals surface area contributed by atoms with E-state index in [4.69, 9.17) is 23.2 Å². The summed E-state index contributed by atoms with van der Waals surface area (Å²) in [6, 6.07) is 20.8. The largest absolute Gasteiger partial charge is 0.374 e. The lowest BCUT2D eigenvalue weighted by Crippen LogP contribution is -2.31. The van der Waals surface area contributed by atoms with Gasteiger partial charge in [0.2, 0.25) is 0 Å². The minimum absolute atomic E-state index is 0.589. The van der Waals surface area contributed by atoms with Gasteiger partial charge in [-0.1, -0.05) is 60.5 Å². The molecule has 7 nitrogen and oxygen atoms in total. The summed E-state index contributed by atoms with van der Waals surface area (Å²) in [7, 11) is 1.86. The van der Waals surface area contributed by atoms with Crippen LogP contribution in [0.5, 0.6) is 0 Å². The molecular weight excluding hydrogens is 507 g/mol. The maximum atomic E-state index is 12.5. The van der Waals surface area contributed by atoms with Crippen LogP contribution >= 0.6 is 23.2 Å². The van der Waals surface area contributed by atoms with Crippen LogP contribution in [0.1, 0.15) is 29.3 Å². The third-order valence-electron chi connectivity index (χ3n) is 6.87. The number of imidazole rings is 1. The van der Waals surface area contributed by atoms with Crippen LogP contribution in [0.4, 0.5) is 0 Å². The fourth-order valence-electron chi connectivity index (χ4n) is 5.13. The summed E-state index contributed by atoms with van der Waals surface area (Å²) in [5.74, 6) is 0. The van der Waals surface area contributed by atoms with Gasteiger partial charge in [0.1, 0.15) is 0 Å². The fraction of sp³-hybridized carbons (Fsp3) is 0.143. The molecule has 0 saturated heterocycles. The highest BCUT2D eigenvalue weighted by atomic mass is 35.5. The van der Waals surface area contributed by atoms with E-state index in [1.807, 2.05) is 66.2 Å². The van der Waals surface area contributed by atoms with Gasteiger partial charge in [0, 0.05) is 28.0 Å². The van der Waals surface area contributed by atoms with Crippen LogP contribution in [0.15, 0.2) is 79.3 Å². The summed E-state index contributed by atoms with van der Waals surface area (Å²) in [5, 5.41) is 27.1. The molecule has 9 heteroatoms. The average Bonchev–Trinajstić information content (AvgIpc) is 3.57. The Morgan fingerprint density at radius 2 is 1.73 bits per heavy atom. The Morgan fingerprint density at radius 3 is 2.43 bits per heavy atom. The number of aryl methyl sites for hydroxylation is 2. The lowest BCUT2D eigenvalue weighted by Gasteiger charge is -2.30. The normalized spacial score (nSPS) is 13.3. The predicted molar refractivity (Wildman–Crippen MR) is 145 cm³/mol. The first-order valence-electron chi connectivity index (χ1n) is 11.8. The van der Waals surface area contributed by atoms with Crippen LogP contribution in [0.2, 0.25) is 10.0 Å². The number of hydrogen-bond acceptors (Lipinski definition) is 5. The zero-order valence-corrected chi connectivity index (χ0v) is 21.6. The Bertz CT molecular complexity index is 1780. The van der Waals surface area contributed by atoms with Crippen LogP contribution in [0.3, 0.4) is 0 Å². The SMILES string of the molecule is CCc1c(-c2cccc(Cl)c2)c2cc(C(O)(c3ccc(Cl)cc3)c3cncn3C)ccc2n2nnnc12. The second-order valence-electron chi connectivity index (χ2n) is 8.97. The number of rotatable bonds is 5. The van der Waals surface area contributed by atoms with Gasteiger partial charge in [0.15, 0.2) is 11.2 Å². The number of pyridine rings is 1. The molecule has 6 rings (SSSR count). The quantitative estimate of drug-likeness (QED) is 0.304. The van der Waals surface area contributed by atoms with Crippen molar-refractivity contribution in [2.24, 2.45) is 7.05 Å². The minimum Gasteiger partial charge on any atom is -0.374 e. The molecule has 0 saturated carbocycles. The Morgan fingerprint density at radius 1 is 0.946 bits per heavy atom. The molecule has 3 aromatic carbocycles. The van der Waals surface area contributed by atoms with E-state index in [2.05, 4.69) is 27.4 Å². The molecule has 1 atom stereocenters. The van der Waals surface area contributed by atoms with Crippen LogP contribution in [-0.2, 0) is 19.1 Å². The molecular formula is C28H22Cl2N6O. The highest BCUT2D eigenvalue weighted by Gasteiger charge is 2.37. The van der Waals surface area contributed by atoms with E-state index in [1.54, 1.807) is 29.2 Å². The van der Waals surface area contributed by atoms with E-state index in [0.717, 1.165) is 27.6 Å². The van der Waals surface area contributed by atoms with Gasteiger partial charge in [-0.25, -0.2) is 4.98 Å². The smallest absolute Gasteiger partial charge is 0.183 e. The highest BCUT2D eigenvalue weighted by molar-refractivity contribution is 6.31. The van der Waals surface area contributed by atoms with E-state index >= 15 is 0 Å². The molecule has 184 valence electrons. The Hall–Kier alpha value is -3.78. The van der Waals surface area contributed by atoms with Crippen molar-refractivity contribution in [3.63, 3.8) is 0 Å². The monoisotopic (exact) mass is 528 g/mol. The number of tetrazole rings is 1. The maximum absolute atomic E-state index is 12.5. The molecule has 6 aromatic rings. The number of hydrogen-bond donors (Lipinski definition) is 1. The molecule has 1 unspecified atom stereocenters. The third-order valence-corrected chi connectivity index (χ3v) is 7.36. The molecule has 0 aliphatic carbocycles. The van der Waals surface area contributed by atoms with Gasteiger partial charge >= 0.3 is 0 Å². The second kappa shape index (κ2) is 8.95. The molecule has 0 amide bonds. The molecule has 0 fully saturated rings. The van der Waals surface area contributed by atoms with Crippen molar-refractivity contribution in [2.75, 3.05) is 0 Å². The Balaban J connectivity index is 1.73. The summed E-state index contributed by atoms with van der Waals surface area (Å²) in [4.78, 5) is 4.29. The van der Waals surface area contributed by atoms with Crippen molar-refractivity contribution in [3.05, 3.63) is 112 Å². The van der Waals surface area contributed by atoms with Gasteiger partial charge < -0.3 is 9.67 Å². The highest BCUT2D eigenvalue weighted by Crippen LogP contribution is 2.41. The molecule has 0 aliphatic heterocycles. The van der Waals surface area contributed by atoms with Crippen LogP contribution in [-0.4, -0.2) is 34.7 Å². The van der Waals surface area contributed by atoms with E-state index in [0.29, 0.717) is 38.9 Å². The molecule has 3 heterocycles. The standard InChI is InChI=1S/C28H22Cl2N6O/c1-3-22-26(17-5-4-6-21(30)13-17)23-14-19(9-12-24(23)36-27(22)32-33-34-36)28(37,25-15-31-16-35(25)2)18-7-10-20(29)11-8-18/h4-16,37H,3H2,1-2H3. The number of halogens is 2. The number of aliphatic hydroxyl groups is 1. The second-order valence-corrected chi connectivity index (χ2v) is 9.84. The molecule has 1 N–H and O–H groups in total. The predicted octanol–water partition coefficient (Wildman–Crippen LogP) is 5.83. The lowest BCUT2D eigenvalue weighted by molar-refractivity contribution is 0.117. The van der Waals surface area contributed by atoms with Gasteiger partial charge in [-0.3, -0.25) is 0 Å². The zero-order valence-electron chi connectivity index (χ0n) is 20.1. The van der Waals surface area contributed by atoms with Crippen molar-refractivity contribution in [2.45, 2.75) is 18.9 Å². The van der Waals surface area contributed by atoms with Gasteiger partial charge in [0.05, 0.1) is 23.7 Å². The number of benzene rings is 3. The van der Waals surface area contributed by atoms with Crippen molar-refractivity contribution in [3.8, 4) is 11.1 Å². The van der Waals surface area contributed by atoms with E-state index in [9.17, 15) is 5.11 Å². The van der Waals surface area contributed by atoms with Crippen molar-refractivity contribution in [1.82, 2.24) is 29.6 Å². The maximum Gasteiger partial charge on any atom is 0.183 e. The summed E-state index contributed by atoms with van der Waals surface area (Å²) in [5.41, 5.74) is 4.89. The van der Waals surface area contributed by atoms with E-state index in [1.165, 1.54) is 0 Å². The molecule has 0 bridgehead atoms. The van der Waals surface area contributed by atoms with E-state index in [-0.39, 0.29) is 0 Å². The summed E-state index contributed by atoms with van der Waals surface area (Å²) < 4.78 is 3.57. The van der Waals surface area contributed by atoms with Gasteiger partial charge in [-0.2, -0.15) is 4.52 Å². The van der Waals surface area contributed by atoms with Crippen molar-refractivity contribution < 1.29 is 5.11 Å². The van der Waals surface area contributed by atoms with Gasteiger partial charge in [-0.05, 0) is 75.5 Å². The van der Waals surface area contributed by atoms with Crippen LogP contribution < -0.4 is 0 Å². The molecule has 0 spiro atoms. The van der Waals surface area contributed by atoms with Crippen molar-refractivity contribution >= 4 is 39.8 Å². The fourth-order valence-corrected chi connectivity index (χ4v) is 5.44. The minimum atomic E-state index is -1.50. The van der Waals surface area contributed by atoms with Crippen molar-refractivity contribution in [1.29, 1.82) is 0 Å². The first-order valence-corrected chi connectivity index (χ1v) is 12.6. The summed E-state index contributed by atoms with van der Waals surface area (Å²) in [6.45, 7) is 2.08. The number of fused-ring (bicyclic) bond motifs is 3. The first-order chi connectivity index (χ1) is 17.9. The van der Waals surface area contributed by atoms with Gasteiger partial charge in [0.25, 0.3) is 0 Å². The first kappa shape index (κ1) is 23.6. The van der Waals surface area contributed by atoms with E-state index < -0.39 is 5.60 Å². The van der Waals surface area contributed by atoms with Crippen LogP contribution in [0.25, 0.3) is 27.7 Å². The number of aromatic nitrogens is 6. The number of nitrogens with zero attached hydrogens (tertiary/aromatic N) is 6. The molecule has 0 radical (unpaired) electrons. The zero-order chi connectivity index (χ0) is 25.7. The van der Waals surface area contributed by atoms with Gasteiger partial charge in [-0.15, -0.1) is 5.10 Å². The third kappa shape index (κ3) is 3.70. The summed E-state index contributed by atoms with van der Waals surface area (Å²) >= 11 is 12.6. The summed E-state index contributed by atoms with van der Waals surface area (Å²) in [6.07, 6.45) is 4.06. The average molecular weight is 529 g/mol. The molecule has 0 aliphatic rings. The lowest BCUT2D eigenvalue weighted by atomic mass is 9.82. The Labute approximate surface area is 222 Å². The van der Waals surface area contributed by atoms with Crippen LogP contribution in [0, 0.1) is 0 Å². The Kier molecular flexibility index (Phi) is 5.71. The molecule has 3 aromatic heterocycles. The topological polar surface area (TPSA) is 81.1 Å².